The number of urea groups is 1. The van der Waals surface area contributed by atoms with Crippen LogP contribution in [0.2, 0.25) is 0 Å². The second kappa shape index (κ2) is 5.26. The molecule has 0 radical (unpaired) electrons. The molecule has 2 aliphatic rings. The summed E-state index contributed by atoms with van der Waals surface area (Å²) in [6.07, 6.45) is 3.84. The number of hydrogen-bond acceptors (Lipinski definition) is 2. The number of nitrogens with zero attached hydrogens (tertiary/aromatic N) is 1. The highest BCUT2D eigenvalue weighted by atomic mass is 16.4. The Morgan fingerprint density at radius 1 is 1.30 bits per heavy atom. The smallest absolute Gasteiger partial charge is 0.317 e. The van der Waals surface area contributed by atoms with Crippen LogP contribution in [-0.2, 0) is 4.79 Å². The monoisotopic (exact) mass is 282 g/mol. The summed E-state index contributed by atoms with van der Waals surface area (Å²) in [5, 5.41) is 12.4. The van der Waals surface area contributed by atoms with Gasteiger partial charge in [0, 0.05) is 18.6 Å². The van der Waals surface area contributed by atoms with E-state index in [9.17, 15) is 14.7 Å². The Kier molecular flexibility index (Phi) is 3.98. The van der Waals surface area contributed by atoms with Gasteiger partial charge in [-0.1, -0.05) is 6.92 Å². The first-order chi connectivity index (χ1) is 9.27. The molecule has 0 aliphatic heterocycles. The van der Waals surface area contributed by atoms with Crippen LogP contribution >= 0.6 is 0 Å². The van der Waals surface area contributed by atoms with E-state index in [0.29, 0.717) is 5.92 Å². The number of fused-ring (bicyclic) bond motifs is 2. The Labute approximate surface area is 120 Å². The van der Waals surface area contributed by atoms with Crippen LogP contribution in [0.5, 0.6) is 0 Å². The van der Waals surface area contributed by atoms with Crippen molar-refractivity contribution in [3.8, 4) is 0 Å². The van der Waals surface area contributed by atoms with Gasteiger partial charge in [-0.25, -0.2) is 4.79 Å². The molecule has 2 N–H and O–H groups in total. The summed E-state index contributed by atoms with van der Waals surface area (Å²) < 4.78 is 0. The van der Waals surface area contributed by atoms with Gasteiger partial charge >= 0.3 is 12.0 Å². The number of carbonyl (C=O) groups is 2. The predicted molar refractivity (Wildman–Crippen MR) is 76.4 cm³/mol. The number of hydrogen-bond donors (Lipinski definition) is 2. The van der Waals surface area contributed by atoms with Crippen LogP contribution in [0, 0.1) is 17.8 Å². The molecule has 2 aliphatic carbocycles. The zero-order valence-electron chi connectivity index (χ0n) is 12.8. The first-order valence-electron chi connectivity index (χ1n) is 7.55. The van der Waals surface area contributed by atoms with Gasteiger partial charge in [0.2, 0.25) is 0 Å². The molecule has 0 aromatic heterocycles. The summed E-state index contributed by atoms with van der Waals surface area (Å²) in [4.78, 5) is 25.5. The molecule has 4 atom stereocenters. The van der Waals surface area contributed by atoms with E-state index in [4.69, 9.17) is 0 Å². The van der Waals surface area contributed by atoms with E-state index in [2.05, 4.69) is 5.32 Å². The fraction of sp³-hybridized carbons (Fsp3) is 0.867. The van der Waals surface area contributed by atoms with Crippen molar-refractivity contribution in [3.63, 3.8) is 0 Å². The number of rotatable bonds is 4. The maximum absolute atomic E-state index is 12.4. The fourth-order valence-corrected chi connectivity index (χ4v) is 3.61. The fourth-order valence-electron chi connectivity index (χ4n) is 3.61. The summed E-state index contributed by atoms with van der Waals surface area (Å²) in [5.41, 5.74) is -0.222. The zero-order chi connectivity index (χ0) is 15.1. The highest BCUT2D eigenvalue weighted by molar-refractivity contribution is 5.78. The zero-order valence-corrected chi connectivity index (χ0v) is 12.8. The molecule has 2 fully saturated rings. The Hall–Kier alpha value is -1.26. The van der Waals surface area contributed by atoms with Crippen molar-refractivity contribution < 1.29 is 14.7 Å². The van der Waals surface area contributed by atoms with Gasteiger partial charge in [-0.2, -0.15) is 0 Å². The van der Waals surface area contributed by atoms with Crippen molar-refractivity contribution in [2.45, 2.75) is 58.0 Å². The van der Waals surface area contributed by atoms with Gasteiger partial charge in [-0.05, 0) is 51.4 Å². The molecule has 0 heterocycles. The second-order valence-electron chi connectivity index (χ2n) is 6.90. The lowest BCUT2D eigenvalue weighted by atomic mass is 9.84. The molecule has 5 heteroatoms. The van der Waals surface area contributed by atoms with Gasteiger partial charge in [-0.15, -0.1) is 0 Å². The largest absolute Gasteiger partial charge is 0.481 e. The van der Waals surface area contributed by atoms with Gasteiger partial charge in [0.05, 0.1) is 5.92 Å². The molecular formula is C15H26N2O3. The number of amides is 2. The topological polar surface area (TPSA) is 69.6 Å². The van der Waals surface area contributed by atoms with Crippen LogP contribution in [-0.4, -0.2) is 40.6 Å². The number of carbonyl (C=O) groups excluding carboxylic acids is 1. The minimum absolute atomic E-state index is 0.152. The van der Waals surface area contributed by atoms with Crippen molar-refractivity contribution in [2.24, 2.45) is 17.8 Å². The van der Waals surface area contributed by atoms with Crippen LogP contribution in [0.4, 0.5) is 4.79 Å². The first kappa shape index (κ1) is 15.1. The molecule has 114 valence electrons. The van der Waals surface area contributed by atoms with Crippen LogP contribution in [0.15, 0.2) is 0 Å². The van der Waals surface area contributed by atoms with Gasteiger partial charge in [0.1, 0.15) is 0 Å². The molecule has 20 heavy (non-hydrogen) atoms. The highest BCUT2D eigenvalue weighted by Gasteiger charge is 2.52. The van der Waals surface area contributed by atoms with E-state index in [0.717, 1.165) is 25.7 Å². The van der Waals surface area contributed by atoms with Gasteiger partial charge in [-0.3, -0.25) is 4.79 Å². The van der Waals surface area contributed by atoms with Gasteiger partial charge in [0.15, 0.2) is 0 Å². The number of carboxylic acid groups (broad SMARTS) is 1. The van der Waals surface area contributed by atoms with Crippen LogP contribution in [0.3, 0.4) is 0 Å². The Morgan fingerprint density at radius 2 is 1.90 bits per heavy atom. The summed E-state index contributed by atoms with van der Waals surface area (Å²) >= 11 is 0. The number of nitrogens with one attached hydrogen (secondary N) is 1. The molecule has 5 nitrogen and oxygen atoms in total. The third-order valence-corrected chi connectivity index (χ3v) is 5.57. The van der Waals surface area contributed by atoms with Crippen LogP contribution in [0.1, 0.15) is 46.5 Å². The lowest BCUT2D eigenvalue weighted by Crippen LogP contribution is -2.55. The maximum Gasteiger partial charge on any atom is 0.317 e. The summed E-state index contributed by atoms with van der Waals surface area (Å²) in [6, 6.07) is -0.352. The molecule has 0 aromatic rings. The summed E-state index contributed by atoms with van der Waals surface area (Å²) in [5.74, 6) is -0.591. The summed E-state index contributed by atoms with van der Waals surface area (Å²) in [7, 11) is 1.78. The van der Waals surface area contributed by atoms with Crippen molar-refractivity contribution in [1.82, 2.24) is 10.2 Å². The van der Waals surface area contributed by atoms with E-state index in [-0.39, 0.29) is 23.5 Å². The van der Waals surface area contributed by atoms with Gasteiger partial charge in [0.25, 0.3) is 0 Å². The third kappa shape index (κ3) is 2.50. The van der Waals surface area contributed by atoms with Crippen molar-refractivity contribution in [2.75, 3.05) is 7.05 Å². The normalized spacial score (nSPS) is 32.2. The number of aliphatic carboxylic acids is 1. The lowest BCUT2D eigenvalue weighted by molar-refractivity contribution is -0.144. The molecule has 2 amide bonds. The quantitative estimate of drug-likeness (QED) is 0.831. The second-order valence-corrected chi connectivity index (χ2v) is 6.90. The van der Waals surface area contributed by atoms with E-state index in [1.165, 1.54) is 0 Å². The van der Waals surface area contributed by atoms with Gasteiger partial charge < -0.3 is 15.3 Å². The third-order valence-electron chi connectivity index (χ3n) is 5.57. The molecule has 2 bridgehead atoms. The van der Waals surface area contributed by atoms with Crippen molar-refractivity contribution in [1.29, 1.82) is 0 Å². The first-order valence-corrected chi connectivity index (χ1v) is 7.55. The standard InChI is InChI=1S/C15H26N2O3/c1-5-15(2,3)17(4)14(20)16-12-10-7-6-9(8-10)11(12)13(18)19/h9-12H,5-8H2,1-4H3,(H,16,20)(H,18,19). The minimum atomic E-state index is -0.764. The maximum atomic E-state index is 12.4. The van der Waals surface area contributed by atoms with Crippen LogP contribution < -0.4 is 5.32 Å². The van der Waals surface area contributed by atoms with Crippen molar-refractivity contribution in [3.05, 3.63) is 0 Å². The lowest BCUT2D eigenvalue weighted by Gasteiger charge is -2.37. The van der Waals surface area contributed by atoms with Crippen LogP contribution in [0.25, 0.3) is 0 Å². The number of carboxylic acids is 1. The predicted octanol–water partition coefficient (Wildman–Crippen LogP) is 2.32. The SMILES string of the molecule is CCC(C)(C)N(C)C(=O)NC1C2CCC(C2)C1C(=O)O. The molecule has 0 saturated heterocycles. The van der Waals surface area contributed by atoms with E-state index >= 15 is 0 Å². The van der Waals surface area contributed by atoms with E-state index in [1.807, 2.05) is 20.8 Å². The Morgan fingerprint density at radius 3 is 2.45 bits per heavy atom. The average Bonchev–Trinajstić information content (AvgIpc) is 2.98. The van der Waals surface area contributed by atoms with Crippen molar-refractivity contribution >= 4 is 12.0 Å². The molecule has 2 rings (SSSR count). The Balaban J connectivity index is 2.05. The van der Waals surface area contributed by atoms with E-state index in [1.54, 1.807) is 11.9 Å². The summed E-state index contributed by atoms with van der Waals surface area (Å²) in [6.45, 7) is 6.07. The molecule has 4 unspecified atom stereocenters. The molecule has 0 aromatic carbocycles. The average molecular weight is 282 g/mol. The highest BCUT2D eigenvalue weighted by Crippen LogP contribution is 2.48. The minimum Gasteiger partial charge on any atom is -0.481 e. The van der Waals surface area contributed by atoms with E-state index < -0.39 is 11.9 Å². The molecule has 0 spiro atoms. The molecule has 2 saturated carbocycles. The molecular weight excluding hydrogens is 256 g/mol. The Bertz CT molecular complexity index is 408.